The van der Waals surface area contributed by atoms with E-state index in [1.165, 1.54) is 12.1 Å². The molecule has 1 saturated heterocycles. The van der Waals surface area contributed by atoms with Gasteiger partial charge < -0.3 is 15.8 Å². The molecule has 1 aliphatic rings. The smallest absolute Gasteiger partial charge is 0.130 e. The van der Waals surface area contributed by atoms with Crippen LogP contribution in [0.15, 0.2) is 18.2 Å². The van der Waals surface area contributed by atoms with Crippen LogP contribution in [-0.4, -0.2) is 25.8 Å². The molecule has 0 radical (unpaired) electrons. The lowest BCUT2D eigenvalue weighted by atomic mass is 10.1. The van der Waals surface area contributed by atoms with Crippen LogP contribution in [0.25, 0.3) is 0 Å². The van der Waals surface area contributed by atoms with Gasteiger partial charge in [0.1, 0.15) is 11.6 Å². The summed E-state index contributed by atoms with van der Waals surface area (Å²) in [5.74, 6) is -1.14. The van der Waals surface area contributed by atoms with Crippen molar-refractivity contribution in [3.05, 3.63) is 35.4 Å². The molecule has 1 aliphatic heterocycles. The maximum Gasteiger partial charge on any atom is 0.130 e. The standard InChI is InChI=1S/C13H18F2N2O/c14-9-3-4-11(12(15)6-9)13(7-16)17-8-10-2-1-5-18-10/h3-4,6,10,13,17H,1-2,5,7-8,16H2. The average molecular weight is 256 g/mol. The molecule has 0 spiro atoms. The lowest BCUT2D eigenvalue weighted by Crippen LogP contribution is -2.34. The minimum absolute atomic E-state index is 0.169. The van der Waals surface area contributed by atoms with E-state index >= 15 is 0 Å². The van der Waals surface area contributed by atoms with E-state index in [2.05, 4.69) is 5.32 Å². The highest BCUT2D eigenvalue weighted by atomic mass is 19.1. The van der Waals surface area contributed by atoms with Crippen LogP contribution < -0.4 is 11.1 Å². The van der Waals surface area contributed by atoms with Gasteiger partial charge in [-0.3, -0.25) is 0 Å². The first kappa shape index (κ1) is 13.4. The molecule has 1 aromatic rings. The molecule has 2 rings (SSSR count). The molecule has 0 aromatic heterocycles. The third-order valence-corrected chi connectivity index (χ3v) is 3.19. The van der Waals surface area contributed by atoms with Crippen LogP contribution in [0.5, 0.6) is 0 Å². The van der Waals surface area contributed by atoms with Gasteiger partial charge in [-0.25, -0.2) is 8.78 Å². The van der Waals surface area contributed by atoms with Crippen molar-refractivity contribution in [2.75, 3.05) is 19.7 Å². The van der Waals surface area contributed by atoms with Gasteiger partial charge in [0, 0.05) is 37.4 Å². The SMILES string of the molecule is NCC(NCC1CCCO1)c1ccc(F)cc1F. The molecule has 0 saturated carbocycles. The van der Waals surface area contributed by atoms with E-state index in [1.54, 1.807) is 0 Å². The lowest BCUT2D eigenvalue weighted by Gasteiger charge is -2.20. The number of hydrogen-bond donors (Lipinski definition) is 2. The Labute approximate surface area is 105 Å². The highest BCUT2D eigenvalue weighted by Gasteiger charge is 2.19. The van der Waals surface area contributed by atoms with E-state index in [0.717, 1.165) is 25.5 Å². The first-order valence-electron chi connectivity index (χ1n) is 6.20. The summed E-state index contributed by atoms with van der Waals surface area (Å²) >= 11 is 0. The second-order valence-electron chi connectivity index (χ2n) is 4.50. The molecule has 1 fully saturated rings. The van der Waals surface area contributed by atoms with E-state index in [4.69, 9.17) is 10.5 Å². The molecule has 2 atom stereocenters. The minimum Gasteiger partial charge on any atom is -0.377 e. The molecule has 100 valence electrons. The van der Waals surface area contributed by atoms with Crippen molar-refractivity contribution in [2.24, 2.45) is 5.73 Å². The van der Waals surface area contributed by atoms with E-state index in [0.29, 0.717) is 12.1 Å². The first-order chi connectivity index (χ1) is 8.70. The van der Waals surface area contributed by atoms with Crippen LogP contribution in [-0.2, 0) is 4.74 Å². The molecule has 0 amide bonds. The zero-order chi connectivity index (χ0) is 13.0. The van der Waals surface area contributed by atoms with Crippen LogP contribution >= 0.6 is 0 Å². The van der Waals surface area contributed by atoms with Crippen molar-refractivity contribution in [1.29, 1.82) is 0 Å². The third-order valence-electron chi connectivity index (χ3n) is 3.19. The zero-order valence-corrected chi connectivity index (χ0v) is 10.2. The quantitative estimate of drug-likeness (QED) is 0.843. The van der Waals surface area contributed by atoms with Crippen LogP contribution in [0.3, 0.4) is 0 Å². The van der Waals surface area contributed by atoms with Crippen molar-refractivity contribution in [1.82, 2.24) is 5.32 Å². The van der Waals surface area contributed by atoms with E-state index in [1.807, 2.05) is 0 Å². The summed E-state index contributed by atoms with van der Waals surface area (Å²) in [6, 6.07) is 3.25. The third kappa shape index (κ3) is 3.25. The molecule has 2 unspecified atom stereocenters. The molecule has 0 aliphatic carbocycles. The average Bonchev–Trinajstić information content (AvgIpc) is 2.85. The fourth-order valence-electron chi connectivity index (χ4n) is 2.18. The summed E-state index contributed by atoms with van der Waals surface area (Å²) in [6.45, 7) is 1.68. The molecule has 3 nitrogen and oxygen atoms in total. The molecule has 1 aromatic carbocycles. The molecule has 1 heterocycles. The molecule has 5 heteroatoms. The van der Waals surface area contributed by atoms with Gasteiger partial charge in [-0.15, -0.1) is 0 Å². The van der Waals surface area contributed by atoms with Gasteiger partial charge in [0.15, 0.2) is 0 Å². The lowest BCUT2D eigenvalue weighted by molar-refractivity contribution is 0.107. The maximum atomic E-state index is 13.6. The van der Waals surface area contributed by atoms with Gasteiger partial charge >= 0.3 is 0 Å². The van der Waals surface area contributed by atoms with Crippen LogP contribution in [0.2, 0.25) is 0 Å². The fraction of sp³-hybridized carbons (Fsp3) is 0.538. The molecule has 0 bridgehead atoms. The van der Waals surface area contributed by atoms with Gasteiger partial charge in [-0.05, 0) is 18.9 Å². The number of benzene rings is 1. The maximum absolute atomic E-state index is 13.6. The van der Waals surface area contributed by atoms with E-state index in [-0.39, 0.29) is 18.7 Å². The van der Waals surface area contributed by atoms with Crippen molar-refractivity contribution < 1.29 is 13.5 Å². The minimum atomic E-state index is -0.578. The Kier molecular flexibility index (Phi) is 4.63. The number of halogens is 2. The number of rotatable bonds is 5. The molecular formula is C13H18F2N2O. The van der Waals surface area contributed by atoms with E-state index in [9.17, 15) is 8.78 Å². The summed E-state index contributed by atoms with van der Waals surface area (Å²) in [4.78, 5) is 0. The van der Waals surface area contributed by atoms with Crippen LogP contribution in [0, 0.1) is 11.6 Å². The number of nitrogens with two attached hydrogens (primary N) is 1. The Balaban J connectivity index is 1.98. The second-order valence-corrected chi connectivity index (χ2v) is 4.50. The number of nitrogens with one attached hydrogen (secondary N) is 1. The van der Waals surface area contributed by atoms with Crippen molar-refractivity contribution >= 4 is 0 Å². The zero-order valence-electron chi connectivity index (χ0n) is 10.2. The van der Waals surface area contributed by atoms with Gasteiger partial charge in [-0.2, -0.15) is 0 Å². The number of hydrogen-bond acceptors (Lipinski definition) is 3. The number of ether oxygens (including phenoxy) is 1. The Hall–Kier alpha value is -1.04. The molecule has 18 heavy (non-hydrogen) atoms. The summed E-state index contributed by atoms with van der Waals surface area (Å²) in [6.07, 6.45) is 2.24. The predicted octanol–water partition coefficient (Wildman–Crippen LogP) is 1.73. The van der Waals surface area contributed by atoms with Crippen molar-refractivity contribution in [3.8, 4) is 0 Å². The highest BCUT2D eigenvalue weighted by Crippen LogP contribution is 2.18. The summed E-state index contributed by atoms with van der Waals surface area (Å²) < 4.78 is 31.9. The Morgan fingerprint density at radius 1 is 1.44 bits per heavy atom. The Morgan fingerprint density at radius 3 is 2.89 bits per heavy atom. The van der Waals surface area contributed by atoms with E-state index < -0.39 is 11.6 Å². The van der Waals surface area contributed by atoms with Crippen LogP contribution in [0.4, 0.5) is 8.78 Å². The van der Waals surface area contributed by atoms with Gasteiger partial charge in [0.05, 0.1) is 6.10 Å². The van der Waals surface area contributed by atoms with Gasteiger partial charge in [0.25, 0.3) is 0 Å². The van der Waals surface area contributed by atoms with Gasteiger partial charge in [0.2, 0.25) is 0 Å². The highest BCUT2D eigenvalue weighted by molar-refractivity contribution is 5.22. The Bertz CT molecular complexity index is 395. The predicted molar refractivity (Wildman–Crippen MR) is 65.1 cm³/mol. The second kappa shape index (κ2) is 6.22. The monoisotopic (exact) mass is 256 g/mol. The summed E-state index contributed by atoms with van der Waals surface area (Å²) in [5.41, 5.74) is 6.03. The topological polar surface area (TPSA) is 47.3 Å². The van der Waals surface area contributed by atoms with Crippen LogP contribution in [0.1, 0.15) is 24.4 Å². The largest absolute Gasteiger partial charge is 0.377 e. The molecular weight excluding hydrogens is 238 g/mol. The van der Waals surface area contributed by atoms with Crippen molar-refractivity contribution in [2.45, 2.75) is 25.0 Å². The summed E-state index contributed by atoms with van der Waals surface area (Å²) in [7, 11) is 0. The molecule has 3 N–H and O–H groups in total. The van der Waals surface area contributed by atoms with Crippen molar-refractivity contribution in [3.63, 3.8) is 0 Å². The fourth-order valence-corrected chi connectivity index (χ4v) is 2.18. The normalized spacial score (nSPS) is 21.2. The van der Waals surface area contributed by atoms with Gasteiger partial charge in [-0.1, -0.05) is 6.07 Å². The Morgan fingerprint density at radius 2 is 2.28 bits per heavy atom. The summed E-state index contributed by atoms with van der Waals surface area (Å²) in [5, 5.41) is 3.18. The first-order valence-corrected chi connectivity index (χ1v) is 6.20.